The topological polar surface area (TPSA) is 104 Å². The molecular formula is C30H50N4O4S2. The Morgan fingerprint density at radius 1 is 1.07 bits per heavy atom. The minimum Gasteiger partial charge on any atom is -0.356 e. The number of aromatic nitrogens is 1. The molecule has 3 rings (SSSR count). The molecule has 2 aromatic rings. The van der Waals surface area contributed by atoms with Crippen LogP contribution in [0.5, 0.6) is 0 Å². The number of hydroxylamine groups is 1. The molecule has 0 bridgehead atoms. The number of rotatable bonds is 13. The Labute approximate surface area is 249 Å². The van der Waals surface area contributed by atoms with Crippen molar-refractivity contribution in [3.8, 4) is 0 Å². The molecule has 226 valence electrons. The van der Waals surface area contributed by atoms with E-state index in [4.69, 9.17) is 5.21 Å². The molecule has 0 saturated heterocycles. The predicted octanol–water partition coefficient (Wildman–Crippen LogP) is 6.21. The van der Waals surface area contributed by atoms with Crippen molar-refractivity contribution in [2.45, 2.75) is 89.3 Å². The Balaban J connectivity index is 0.000000605. The van der Waals surface area contributed by atoms with Crippen LogP contribution >= 0.6 is 23.1 Å². The molecule has 0 aliphatic heterocycles. The fourth-order valence-electron chi connectivity index (χ4n) is 4.20. The van der Waals surface area contributed by atoms with E-state index in [9.17, 15) is 14.4 Å². The van der Waals surface area contributed by atoms with Crippen LogP contribution in [0.2, 0.25) is 0 Å². The number of hydrogen-bond donors (Lipinski definition) is 3. The number of nitrogens with zero attached hydrogens (tertiary/aromatic N) is 2. The molecule has 0 radical (unpaired) electrons. The largest absolute Gasteiger partial charge is 0.356 e. The second-order valence-corrected chi connectivity index (χ2v) is 12.7. The smallest absolute Gasteiger partial charge is 0.262 e. The minimum absolute atomic E-state index is 0.0531. The SMILES string of the molecule is CC(C)C.CSc1cccs1.O=C(CN(CCCn1cccc1)C(=O)CCC(=O)NCCC1CCCCC1)NO. The van der Waals surface area contributed by atoms with Gasteiger partial charge in [0.05, 0.1) is 4.21 Å². The van der Waals surface area contributed by atoms with Gasteiger partial charge in [-0.3, -0.25) is 19.6 Å². The zero-order valence-electron chi connectivity index (χ0n) is 24.8. The van der Waals surface area contributed by atoms with Gasteiger partial charge in [-0.05, 0) is 54.5 Å². The standard InChI is InChI=1S/C21H34N4O4.C5H6S2.C4H10/c26-19(22-12-11-18-7-2-1-3-8-18)9-10-21(28)25(17-20(27)23-29)16-6-15-24-13-4-5-14-24;1-6-5-3-2-4-7-5;1-4(2)3/h4-5,13-14,18,29H,1-3,6-12,15-17H2,(H,22,26)(H,23,27);2-4H,1H3;4H,1-3H3. The molecule has 3 N–H and O–H groups in total. The summed E-state index contributed by atoms with van der Waals surface area (Å²) in [4.78, 5) is 37.4. The van der Waals surface area contributed by atoms with Gasteiger partial charge in [0, 0.05) is 44.9 Å². The quantitative estimate of drug-likeness (QED) is 0.145. The number of carbonyl (C=O) groups is 3. The van der Waals surface area contributed by atoms with Crippen molar-refractivity contribution >= 4 is 40.8 Å². The number of thioether (sulfide) groups is 1. The molecule has 8 nitrogen and oxygen atoms in total. The summed E-state index contributed by atoms with van der Waals surface area (Å²) in [7, 11) is 0. The van der Waals surface area contributed by atoms with Crippen LogP contribution in [0.15, 0.2) is 46.2 Å². The molecule has 1 aliphatic rings. The van der Waals surface area contributed by atoms with Crippen LogP contribution in [-0.4, -0.2) is 58.3 Å². The van der Waals surface area contributed by atoms with E-state index in [1.165, 1.54) is 41.2 Å². The summed E-state index contributed by atoms with van der Waals surface area (Å²) in [5, 5.41) is 13.8. The second kappa shape index (κ2) is 22.4. The highest BCUT2D eigenvalue weighted by molar-refractivity contribution is 8.00. The zero-order valence-corrected chi connectivity index (χ0v) is 26.4. The van der Waals surface area contributed by atoms with Gasteiger partial charge < -0.3 is 14.8 Å². The van der Waals surface area contributed by atoms with Crippen molar-refractivity contribution < 1.29 is 19.6 Å². The molecule has 0 aromatic carbocycles. The molecule has 3 amide bonds. The third-order valence-electron chi connectivity index (χ3n) is 6.18. The van der Waals surface area contributed by atoms with Crippen molar-refractivity contribution in [3.05, 3.63) is 42.0 Å². The van der Waals surface area contributed by atoms with Gasteiger partial charge in [-0.15, -0.1) is 23.1 Å². The van der Waals surface area contributed by atoms with E-state index in [1.54, 1.807) is 28.6 Å². The van der Waals surface area contributed by atoms with Gasteiger partial charge in [0.15, 0.2) is 0 Å². The van der Waals surface area contributed by atoms with Gasteiger partial charge in [-0.25, -0.2) is 5.48 Å². The average Bonchev–Trinajstić information content (AvgIpc) is 3.66. The maximum absolute atomic E-state index is 12.5. The summed E-state index contributed by atoms with van der Waals surface area (Å²) in [6, 6.07) is 8.04. The van der Waals surface area contributed by atoms with Gasteiger partial charge in [0.1, 0.15) is 6.54 Å². The lowest BCUT2D eigenvalue weighted by Crippen LogP contribution is -2.41. The number of nitrogens with one attached hydrogen (secondary N) is 2. The Morgan fingerprint density at radius 2 is 1.75 bits per heavy atom. The van der Waals surface area contributed by atoms with E-state index < -0.39 is 5.91 Å². The van der Waals surface area contributed by atoms with Crippen LogP contribution in [0, 0.1) is 11.8 Å². The molecule has 1 saturated carbocycles. The van der Waals surface area contributed by atoms with Crippen molar-refractivity contribution in [1.82, 2.24) is 20.3 Å². The first kappa shape index (κ1) is 35.7. The van der Waals surface area contributed by atoms with E-state index >= 15 is 0 Å². The van der Waals surface area contributed by atoms with Crippen molar-refractivity contribution in [2.75, 3.05) is 25.9 Å². The fourth-order valence-corrected chi connectivity index (χ4v) is 5.42. The maximum Gasteiger partial charge on any atom is 0.262 e. The van der Waals surface area contributed by atoms with Crippen LogP contribution in [0.4, 0.5) is 0 Å². The summed E-state index contributed by atoms with van der Waals surface area (Å²) in [5.74, 6) is 0.506. The van der Waals surface area contributed by atoms with E-state index in [0.29, 0.717) is 25.4 Å². The molecule has 40 heavy (non-hydrogen) atoms. The Bertz CT molecular complexity index is 912. The van der Waals surface area contributed by atoms with Gasteiger partial charge >= 0.3 is 0 Å². The van der Waals surface area contributed by atoms with Crippen LogP contribution in [0.3, 0.4) is 0 Å². The normalized spacial score (nSPS) is 12.9. The van der Waals surface area contributed by atoms with E-state index in [0.717, 1.165) is 18.9 Å². The molecule has 0 spiro atoms. The van der Waals surface area contributed by atoms with Crippen molar-refractivity contribution in [2.24, 2.45) is 11.8 Å². The highest BCUT2D eigenvalue weighted by Crippen LogP contribution is 2.25. The first-order chi connectivity index (χ1) is 19.2. The van der Waals surface area contributed by atoms with Crippen LogP contribution < -0.4 is 10.8 Å². The Morgan fingerprint density at radius 3 is 2.30 bits per heavy atom. The van der Waals surface area contributed by atoms with Gasteiger partial charge in [-0.1, -0.05) is 58.9 Å². The van der Waals surface area contributed by atoms with E-state index in [-0.39, 0.29) is 31.2 Å². The minimum atomic E-state index is -0.642. The monoisotopic (exact) mass is 594 g/mol. The summed E-state index contributed by atoms with van der Waals surface area (Å²) >= 11 is 3.58. The fraction of sp³-hybridized carbons (Fsp3) is 0.633. The maximum atomic E-state index is 12.5. The zero-order chi connectivity index (χ0) is 29.6. The Kier molecular flexibility index (Phi) is 20.0. The van der Waals surface area contributed by atoms with Gasteiger partial charge in [0.25, 0.3) is 5.91 Å². The lowest BCUT2D eigenvalue weighted by Gasteiger charge is -2.22. The van der Waals surface area contributed by atoms with Crippen molar-refractivity contribution in [1.29, 1.82) is 0 Å². The summed E-state index contributed by atoms with van der Waals surface area (Å²) in [5.41, 5.74) is 1.56. The van der Waals surface area contributed by atoms with Gasteiger partial charge in [-0.2, -0.15) is 0 Å². The second-order valence-electron chi connectivity index (χ2n) is 10.6. The molecule has 0 unspecified atom stereocenters. The highest BCUT2D eigenvalue weighted by atomic mass is 32.2. The highest BCUT2D eigenvalue weighted by Gasteiger charge is 2.18. The number of aryl methyl sites for hydroxylation is 1. The molecular weight excluding hydrogens is 544 g/mol. The molecule has 10 heteroatoms. The lowest BCUT2D eigenvalue weighted by atomic mass is 9.87. The first-order valence-electron chi connectivity index (χ1n) is 14.4. The third-order valence-corrected chi connectivity index (χ3v) is 8.17. The van der Waals surface area contributed by atoms with Crippen molar-refractivity contribution in [3.63, 3.8) is 0 Å². The van der Waals surface area contributed by atoms with E-state index in [1.807, 2.05) is 29.1 Å². The lowest BCUT2D eigenvalue weighted by molar-refractivity contribution is -0.140. The molecule has 0 atom stereocenters. The van der Waals surface area contributed by atoms with Crippen LogP contribution in [0.1, 0.15) is 78.6 Å². The Hall–Kier alpha value is -2.30. The molecule has 1 aliphatic carbocycles. The summed E-state index contributed by atoms with van der Waals surface area (Å²) < 4.78 is 3.38. The van der Waals surface area contributed by atoms with Crippen LogP contribution in [-0.2, 0) is 20.9 Å². The third kappa shape index (κ3) is 18.1. The summed E-state index contributed by atoms with van der Waals surface area (Å²) in [6.07, 6.45) is 14.2. The molecule has 2 aromatic heterocycles. The number of thiophene rings is 1. The van der Waals surface area contributed by atoms with Gasteiger partial charge in [0.2, 0.25) is 11.8 Å². The predicted molar refractivity (Wildman–Crippen MR) is 166 cm³/mol. The first-order valence-corrected chi connectivity index (χ1v) is 16.5. The summed E-state index contributed by atoms with van der Waals surface area (Å²) in [6.45, 7) is 8.04. The number of amides is 3. The molecule has 2 heterocycles. The van der Waals surface area contributed by atoms with Crippen LogP contribution in [0.25, 0.3) is 0 Å². The number of hydrogen-bond acceptors (Lipinski definition) is 6. The average molecular weight is 595 g/mol. The number of carbonyl (C=O) groups excluding carboxylic acids is 3. The van der Waals surface area contributed by atoms with E-state index in [2.05, 4.69) is 49.9 Å². The molecule has 1 fully saturated rings.